The van der Waals surface area contributed by atoms with E-state index < -0.39 is 0 Å². The van der Waals surface area contributed by atoms with Crippen molar-refractivity contribution in [3.8, 4) is 5.88 Å². The van der Waals surface area contributed by atoms with Crippen LogP contribution in [0.3, 0.4) is 0 Å². The number of tetrazole rings is 1. The van der Waals surface area contributed by atoms with E-state index in [9.17, 15) is 4.79 Å². The lowest BCUT2D eigenvalue weighted by atomic mass is 10.1. The number of ether oxygens (including phenoxy) is 1. The second-order valence-electron chi connectivity index (χ2n) is 5.00. The zero-order valence-electron chi connectivity index (χ0n) is 11.7. The van der Waals surface area contributed by atoms with Crippen LogP contribution in [0.4, 0.5) is 0 Å². The summed E-state index contributed by atoms with van der Waals surface area (Å²) in [6.07, 6.45) is 3.27. The fourth-order valence-corrected chi connectivity index (χ4v) is 2.60. The molecule has 0 spiro atoms. The molecule has 0 aromatic carbocycles. The highest BCUT2D eigenvalue weighted by Crippen LogP contribution is 2.23. The SMILES string of the molecule is COc1ncccc1C(=O)N1CCC(Cc2nn[nH]n2)C1. The third-order valence-corrected chi connectivity index (χ3v) is 3.63. The van der Waals surface area contributed by atoms with Gasteiger partial charge in [-0.15, -0.1) is 10.2 Å². The Morgan fingerprint density at radius 1 is 1.57 bits per heavy atom. The van der Waals surface area contributed by atoms with Crippen LogP contribution in [0.1, 0.15) is 22.6 Å². The molecule has 1 fully saturated rings. The maximum absolute atomic E-state index is 12.5. The van der Waals surface area contributed by atoms with Gasteiger partial charge in [0.15, 0.2) is 5.82 Å². The normalized spacial score (nSPS) is 18.0. The average molecular weight is 288 g/mol. The molecule has 8 nitrogen and oxygen atoms in total. The summed E-state index contributed by atoms with van der Waals surface area (Å²) in [4.78, 5) is 18.4. The van der Waals surface area contributed by atoms with Gasteiger partial charge < -0.3 is 9.64 Å². The molecule has 1 saturated heterocycles. The molecule has 1 atom stereocenters. The van der Waals surface area contributed by atoms with Gasteiger partial charge in [0.25, 0.3) is 5.91 Å². The molecule has 2 aromatic heterocycles. The van der Waals surface area contributed by atoms with Crippen LogP contribution in [0.25, 0.3) is 0 Å². The van der Waals surface area contributed by atoms with Crippen molar-refractivity contribution in [1.82, 2.24) is 30.5 Å². The number of likely N-dealkylation sites (tertiary alicyclic amines) is 1. The van der Waals surface area contributed by atoms with Crippen LogP contribution in [0.2, 0.25) is 0 Å². The molecule has 1 unspecified atom stereocenters. The number of amides is 1. The topological polar surface area (TPSA) is 96.9 Å². The standard InChI is InChI=1S/C13H16N6O2/c1-21-12-10(3-2-5-14-12)13(20)19-6-4-9(8-19)7-11-15-17-18-16-11/h2-3,5,9H,4,6-8H2,1H3,(H,15,16,17,18). The van der Waals surface area contributed by atoms with Crippen LogP contribution in [0, 0.1) is 5.92 Å². The number of aromatic amines is 1. The fourth-order valence-electron chi connectivity index (χ4n) is 2.60. The lowest BCUT2D eigenvalue weighted by Crippen LogP contribution is -2.29. The number of hydrogen-bond donors (Lipinski definition) is 1. The van der Waals surface area contributed by atoms with Crippen molar-refractivity contribution in [2.45, 2.75) is 12.8 Å². The number of nitrogens with zero attached hydrogens (tertiary/aromatic N) is 5. The van der Waals surface area contributed by atoms with Crippen LogP contribution in [0.15, 0.2) is 18.3 Å². The van der Waals surface area contributed by atoms with Crippen molar-refractivity contribution >= 4 is 5.91 Å². The number of methoxy groups -OCH3 is 1. The highest BCUT2D eigenvalue weighted by Gasteiger charge is 2.29. The summed E-state index contributed by atoms with van der Waals surface area (Å²) in [6.45, 7) is 1.41. The van der Waals surface area contributed by atoms with E-state index in [1.165, 1.54) is 7.11 Å². The minimum absolute atomic E-state index is 0.0458. The second kappa shape index (κ2) is 5.86. The molecule has 0 saturated carbocycles. The Morgan fingerprint density at radius 3 is 3.24 bits per heavy atom. The van der Waals surface area contributed by atoms with E-state index in [1.54, 1.807) is 18.3 Å². The van der Waals surface area contributed by atoms with Gasteiger partial charge >= 0.3 is 0 Å². The van der Waals surface area contributed by atoms with Crippen molar-refractivity contribution in [3.63, 3.8) is 0 Å². The summed E-state index contributed by atoms with van der Waals surface area (Å²) >= 11 is 0. The smallest absolute Gasteiger partial charge is 0.259 e. The maximum atomic E-state index is 12.5. The summed E-state index contributed by atoms with van der Waals surface area (Å²) in [5, 5.41) is 13.9. The first-order valence-electron chi connectivity index (χ1n) is 6.78. The van der Waals surface area contributed by atoms with Crippen molar-refractivity contribution in [2.75, 3.05) is 20.2 Å². The number of carbonyl (C=O) groups is 1. The zero-order chi connectivity index (χ0) is 14.7. The Labute approximate surface area is 121 Å². The average Bonchev–Trinajstić information content (AvgIpc) is 3.19. The molecular formula is C13H16N6O2. The largest absolute Gasteiger partial charge is 0.480 e. The Morgan fingerprint density at radius 2 is 2.48 bits per heavy atom. The third kappa shape index (κ3) is 2.83. The van der Waals surface area contributed by atoms with Gasteiger partial charge in [0.05, 0.1) is 7.11 Å². The van der Waals surface area contributed by atoms with E-state index >= 15 is 0 Å². The monoisotopic (exact) mass is 288 g/mol. The van der Waals surface area contributed by atoms with Gasteiger partial charge in [0.1, 0.15) is 5.56 Å². The van der Waals surface area contributed by atoms with Gasteiger partial charge in [0.2, 0.25) is 5.88 Å². The van der Waals surface area contributed by atoms with Crippen molar-refractivity contribution < 1.29 is 9.53 Å². The number of nitrogens with one attached hydrogen (secondary N) is 1. The Hall–Kier alpha value is -2.51. The number of pyridine rings is 1. The van der Waals surface area contributed by atoms with E-state index in [0.717, 1.165) is 19.4 Å². The molecule has 0 radical (unpaired) electrons. The van der Waals surface area contributed by atoms with E-state index in [1.807, 2.05) is 4.90 Å². The number of aromatic nitrogens is 5. The van der Waals surface area contributed by atoms with E-state index in [-0.39, 0.29) is 5.91 Å². The highest BCUT2D eigenvalue weighted by atomic mass is 16.5. The third-order valence-electron chi connectivity index (χ3n) is 3.63. The lowest BCUT2D eigenvalue weighted by molar-refractivity contribution is 0.0782. The van der Waals surface area contributed by atoms with Crippen molar-refractivity contribution in [2.24, 2.45) is 5.92 Å². The van der Waals surface area contributed by atoms with Gasteiger partial charge in [0, 0.05) is 25.7 Å². The molecular weight excluding hydrogens is 272 g/mol. The molecule has 1 aliphatic rings. The first-order chi connectivity index (χ1) is 10.3. The first kappa shape index (κ1) is 13.5. The number of H-pyrrole nitrogens is 1. The van der Waals surface area contributed by atoms with Gasteiger partial charge in [-0.1, -0.05) is 5.21 Å². The number of rotatable bonds is 4. The Kier molecular flexibility index (Phi) is 3.76. The molecule has 3 rings (SSSR count). The molecule has 1 N–H and O–H groups in total. The minimum atomic E-state index is -0.0458. The Bertz CT molecular complexity index is 615. The number of carbonyl (C=O) groups excluding carboxylic acids is 1. The molecule has 1 amide bonds. The molecule has 1 aliphatic heterocycles. The molecule has 0 bridgehead atoms. The maximum Gasteiger partial charge on any atom is 0.259 e. The van der Waals surface area contributed by atoms with Crippen LogP contribution in [-0.4, -0.2) is 56.6 Å². The van der Waals surface area contributed by atoms with Crippen molar-refractivity contribution in [3.05, 3.63) is 29.7 Å². The van der Waals surface area contributed by atoms with Crippen LogP contribution in [-0.2, 0) is 6.42 Å². The van der Waals surface area contributed by atoms with E-state index in [0.29, 0.717) is 29.7 Å². The minimum Gasteiger partial charge on any atom is -0.480 e. The second-order valence-corrected chi connectivity index (χ2v) is 5.00. The molecule has 2 aromatic rings. The predicted molar refractivity (Wildman–Crippen MR) is 72.7 cm³/mol. The van der Waals surface area contributed by atoms with E-state index in [2.05, 4.69) is 25.6 Å². The first-order valence-corrected chi connectivity index (χ1v) is 6.78. The van der Waals surface area contributed by atoms with Crippen molar-refractivity contribution in [1.29, 1.82) is 0 Å². The van der Waals surface area contributed by atoms with Crippen LogP contribution < -0.4 is 4.74 Å². The van der Waals surface area contributed by atoms with Gasteiger partial charge in [-0.05, 0) is 24.5 Å². The van der Waals surface area contributed by atoms with Crippen LogP contribution >= 0.6 is 0 Å². The zero-order valence-corrected chi connectivity index (χ0v) is 11.7. The van der Waals surface area contributed by atoms with Gasteiger partial charge in [-0.2, -0.15) is 5.21 Å². The van der Waals surface area contributed by atoms with Gasteiger partial charge in [-0.25, -0.2) is 4.98 Å². The fraction of sp³-hybridized carbons (Fsp3) is 0.462. The molecule has 8 heteroatoms. The molecule has 21 heavy (non-hydrogen) atoms. The predicted octanol–water partition coefficient (Wildman–Crippen LogP) is 0.308. The van der Waals surface area contributed by atoms with Crippen LogP contribution in [0.5, 0.6) is 5.88 Å². The summed E-state index contributed by atoms with van der Waals surface area (Å²) in [5.74, 6) is 1.36. The lowest BCUT2D eigenvalue weighted by Gasteiger charge is -2.17. The van der Waals surface area contributed by atoms with Gasteiger partial charge in [-0.3, -0.25) is 4.79 Å². The number of hydrogen-bond acceptors (Lipinski definition) is 6. The Balaban J connectivity index is 1.66. The molecule has 110 valence electrons. The summed E-state index contributed by atoms with van der Waals surface area (Å²) in [6, 6.07) is 3.48. The summed E-state index contributed by atoms with van der Waals surface area (Å²) in [5.41, 5.74) is 0.500. The quantitative estimate of drug-likeness (QED) is 0.869. The molecule has 0 aliphatic carbocycles. The highest BCUT2D eigenvalue weighted by molar-refractivity contribution is 5.96. The summed E-state index contributed by atoms with van der Waals surface area (Å²) in [7, 11) is 1.52. The molecule has 3 heterocycles. The van der Waals surface area contributed by atoms with E-state index in [4.69, 9.17) is 4.74 Å². The summed E-state index contributed by atoms with van der Waals surface area (Å²) < 4.78 is 5.15.